The standard InChI is InChI=1S/C11H23NO3/c1-8(2)7-14-5-6-15-11(13)10(12)9(3)4/h8-10H,5-7,12H2,1-4H3/t10-/m0/s1. The Morgan fingerprint density at radius 1 is 1.20 bits per heavy atom. The monoisotopic (exact) mass is 217 g/mol. The molecule has 0 aliphatic rings. The average Bonchev–Trinajstić information content (AvgIpc) is 2.15. The van der Waals surface area contributed by atoms with E-state index >= 15 is 0 Å². The quantitative estimate of drug-likeness (QED) is 0.514. The van der Waals surface area contributed by atoms with Crippen molar-refractivity contribution >= 4 is 5.97 Å². The van der Waals surface area contributed by atoms with E-state index in [4.69, 9.17) is 15.2 Å². The smallest absolute Gasteiger partial charge is 0.323 e. The third kappa shape index (κ3) is 7.33. The van der Waals surface area contributed by atoms with Crippen LogP contribution in [0, 0.1) is 11.8 Å². The van der Waals surface area contributed by atoms with Gasteiger partial charge in [-0.3, -0.25) is 4.79 Å². The van der Waals surface area contributed by atoms with Crippen LogP contribution in [0.15, 0.2) is 0 Å². The van der Waals surface area contributed by atoms with E-state index in [1.165, 1.54) is 0 Å². The van der Waals surface area contributed by atoms with Crippen molar-refractivity contribution in [2.45, 2.75) is 33.7 Å². The van der Waals surface area contributed by atoms with Gasteiger partial charge in [-0.2, -0.15) is 0 Å². The Kier molecular flexibility index (Phi) is 7.34. The van der Waals surface area contributed by atoms with E-state index in [1.54, 1.807) is 0 Å². The molecule has 0 saturated heterocycles. The molecule has 0 fully saturated rings. The molecule has 0 aromatic rings. The molecule has 4 heteroatoms. The lowest BCUT2D eigenvalue weighted by molar-refractivity contribution is -0.147. The van der Waals surface area contributed by atoms with Gasteiger partial charge in [0.15, 0.2) is 0 Å². The molecule has 90 valence electrons. The van der Waals surface area contributed by atoms with Gasteiger partial charge < -0.3 is 15.2 Å². The summed E-state index contributed by atoms with van der Waals surface area (Å²) in [6, 6.07) is -0.532. The van der Waals surface area contributed by atoms with Gasteiger partial charge in [-0.15, -0.1) is 0 Å². The summed E-state index contributed by atoms with van der Waals surface area (Å²) in [6.07, 6.45) is 0. The van der Waals surface area contributed by atoms with Gasteiger partial charge >= 0.3 is 5.97 Å². The third-order valence-corrected chi connectivity index (χ3v) is 1.91. The molecule has 0 spiro atoms. The molecular formula is C11H23NO3. The Bertz CT molecular complexity index is 181. The molecule has 0 radical (unpaired) electrons. The van der Waals surface area contributed by atoms with E-state index in [2.05, 4.69) is 13.8 Å². The third-order valence-electron chi connectivity index (χ3n) is 1.91. The molecule has 0 aliphatic heterocycles. The summed E-state index contributed by atoms with van der Waals surface area (Å²) in [7, 11) is 0. The second-order valence-electron chi connectivity index (χ2n) is 4.41. The fourth-order valence-corrected chi connectivity index (χ4v) is 0.889. The van der Waals surface area contributed by atoms with Crippen molar-refractivity contribution in [3.05, 3.63) is 0 Å². The first-order chi connectivity index (χ1) is 6.95. The molecule has 0 aromatic carbocycles. The molecule has 0 aliphatic carbocycles. The summed E-state index contributed by atoms with van der Waals surface area (Å²) in [5.41, 5.74) is 5.61. The van der Waals surface area contributed by atoms with Crippen LogP contribution in [0.5, 0.6) is 0 Å². The van der Waals surface area contributed by atoms with Crippen molar-refractivity contribution < 1.29 is 14.3 Å². The predicted molar refractivity (Wildman–Crippen MR) is 59.4 cm³/mol. The van der Waals surface area contributed by atoms with Crippen LogP contribution in [-0.2, 0) is 14.3 Å². The number of esters is 1. The molecule has 0 amide bonds. The summed E-state index contributed by atoms with van der Waals surface area (Å²) in [5, 5.41) is 0. The Labute approximate surface area is 92.1 Å². The maximum absolute atomic E-state index is 11.3. The lowest BCUT2D eigenvalue weighted by Crippen LogP contribution is -2.37. The summed E-state index contributed by atoms with van der Waals surface area (Å²) in [5.74, 6) is 0.255. The van der Waals surface area contributed by atoms with E-state index in [-0.39, 0.29) is 18.5 Å². The maximum Gasteiger partial charge on any atom is 0.323 e. The topological polar surface area (TPSA) is 61.5 Å². The first kappa shape index (κ1) is 14.4. The van der Waals surface area contributed by atoms with Crippen molar-refractivity contribution in [2.75, 3.05) is 19.8 Å². The van der Waals surface area contributed by atoms with Crippen molar-refractivity contribution in [1.29, 1.82) is 0 Å². The second kappa shape index (κ2) is 7.65. The molecular weight excluding hydrogens is 194 g/mol. The van der Waals surface area contributed by atoms with Crippen LogP contribution in [-0.4, -0.2) is 31.8 Å². The van der Waals surface area contributed by atoms with Crippen molar-refractivity contribution in [3.63, 3.8) is 0 Å². The maximum atomic E-state index is 11.3. The minimum absolute atomic E-state index is 0.106. The Morgan fingerprint density at radius 3 is 2.27 bits per heavy atom. The Morgan fingerprint density at radius 2 is 1.80 bits per heavy atom. The zero-order valence-electron chi connectivity index (χ0n) is 10.2. The lowest BCUT2D eigenvalue weighted by Gasteiger charge is -2.14. The van der Waals surface area contributed by atoms with Crippen LogP contribution < -0.4 is 5.73 Å². The molecule has 0 rings (SSSR count). The minimum atomic E-state index is -0.532. The van der Waals surface area contributed by atoms with Crippen LogP contribution in [0.3, 0.4) is 0 Å². The van der Waals surface area contributed by atoms with Crippen LogP contribution in [0.2, 0.25) is 0 Å². The second-order valence-corrected chi connectivity index (χ2v) is 4.41. The number of carbonyl (C=O) groups is 1. The summed E-state index contributed by atoms with van der Waals surface area (Å²) in [4.78, 5) is 11.3. The molecule has 2 N–H and O–H groups in total. The van der Waals surface area contributed by atoms with Gasteiger partial charge in [0.2, 0.25) is 0 Å². The van der Waals surface area contributed by atoms with Crippen LogP contribution in [0.1, 0.15) is 27.7 Å². The highest BCUT2D eigenvalue weighted by molar-refractivity contribution is 5.75. The van der Waals surface area contributed by atoms with E-state index < -0.39 is 6.04 Å². The minimum Gasteiger partial charge on any atom is -0.462 e. The molecule has 4 nitrogen and oxygen atoms in total. The largest absolute Gasteiger partial charge is 0.462 e. The normalized spacial score (nSPS) is 13.3. The van der Waals surface area contributed by atoms with Gasteiger partial charge in [0, 0.05) is 6.61 Å². The highest BCUT2D eigenvalue weighted by Gasteiger charge is 2.18. The van der Waals surface area contributed by atoms with Crippen molar-refractivity contribution in [2.24, 2.45) is 17.6 Å². The molecule has 0 unspecified atom stereocenters. The van der Waals surface area contributed by atoms with Crippen molar-refractivity contribution in [3.8, 4) is 0 Å². The van der Waals surface area contributed by atoms with Gasteiger partial charge in [0.05, 0.1) is 6.61 Å². The van der Waals surface area contributed by atoms with E-state index in [0.29, 0.717) is 19.1 Å². The first-order valence-corrected chi connectivity index (χ1v) is 5.45. The summed E-state index contributed by atoms with van der Waals surface area (Å²) < 4.78 is 10.2. The fraction of sp³-hybridized carbons (Fsp3) is 0.909. The molecule has 0 heterocycles. The fourth-order valence-electron chi connectivity index (χ4n) is 0.889. The molecule has 0 saturated carbocycles. The predicted octanol–water partition coefficient (Wildman–Crippen LogP) is 1.19. The Balaban J connectivity index is 3.47. The van der Waals surface area contributed by atoms with Crippen LogP contribution in [0.4, 0.5) is 0 Å². The van der Waals surface area contributed by atoms with Crippen molar-refractivity contribution in [1.82, 2.24) is 0 Å². The number of nitrogens with two attached hydrogens (primary N) is 1. The van der Waals surface area contributed by atoms with Gasteiger partial charge in [-0.1, -0.05) is 27.7 Å². The van der Waals surface area contributed by atoms with Gasteiger partial charge in [0.25, 0.3) is 0 Å². The average molecular weight is 217 g/mol. The van der Waals surface area contributed by atoms with Gasteiger partial charge in [-0.05, 0) is 11.8 Å². The molecule has 15 heavy (non-hydrogen) atoms. The number of carbonyl (C=O) groups excluding carboxylic acids is 1. The van der Waals surface area contributed by atoms with Gasteiger partial charge in [0.1, 0.15) is 12.6 Å². The molecule has 1 atom stereocenters. The first-order valence-electron chi connectivity index (χ1n) is 5.45. The number of hydrogen-bond acceptors (Lipinski definition) is 4. The number of hydrogen-bond donors (Lipinski definition) is 1. The molecule has 0 aromatic heterocycles. The molecule has 0 bridgehead atoms. The highest BCUT2D eigenvalue weighted by Crippen LogP contribution is 2.00. The van der Waals surface area contributed by atoms with E-state index in [0.717, 1.165) is 0 Å². The number of rotatable bonds is 7. The zero-order valence-corrected chi connectivity index (χ0v) is 10.2. The summed E-state index contributed by atoms with van der Waals surface area (Å²) in [6.45, 7) is 9.33. The van der Waals surface area contributed by atoms with E-state index in [9.17, 15) is 4.79 Å². The highest BCUT2D eigenvalue weighted by atomic mass is 16.6. The Hall–Kier alpha value is -0.610. The lowest BCUT2D eigenvalue weighted by atomic mass is 10.1. The van der Waals surface area contributed by atoms with E-state index in [1.807, 2.05) is 13.8 Å². The number of ether oxygens (including phenoxy) is 2. The van der Waals surface area contributed by atoms with Gasteiger partial charge in [-0.25, -0.2) is 0 Å². The van der Waals surface area contributed by atoms with Crippen LogP contribution in [0.25, 0.3) is 0 Å². The zero-order chi connectivity index (χ0) is 11.8. The summed E-state index contributed by atoms with van der Waals surface area (Å²) >= 11 is 0. The SMILES string of the molecule is CC(C)COCCOC(=O)[C@@H](N)C(C)C. The van der Waals surface area contributed by atoms with Crippen LogP contribution >= 0.6 is 0 Å².